The molecular weight excluding hydrogens is 374 g/mol. The molecule has 1 aromatic carbocycles. The van der Waals surface area contributed by atoms with Crippen molar-refractivity contribution in [3.8, 4) is 22.6 Å². The standard InChI is InChI=1S/C23H21N7/c1-2-10-30(11-3-1)19-8-4-7-18-21(19)27-23(26-18)20-17-12-16(14-25-22(17)29-28-20)15-6-5-9-24-13-15/h4-9,12-14H,1-3,10-11H2,(H,26,27)(H,25,28,29). The lowest BCUT2D eigenvalue weighted by molar-refractivity contribution is 0.579. The number of H-pyrrole nitrogens is 2. The molecule has 5 aromatic rings. The number of anilines is 1. The largest absolute Gasteiger partial charge is 0.370 e. The van der Waals surface area contributed by atoms with E-state index in [2.05, 4.69) is 54.3 Å². The second-order valence-electron chi connectivity index (χ2n) is 7.74. The number of fused-ring (bicyclic) bond motifs is 2. The van der Waals surface area contributed by atoms with Crippen LogP contribution in [-0.2, 0) is 0 Å². The summed E-state index contributed by atoms with van der Waals surface area (Å²) in [5.74, 6) is 0.780. The fourth-order valence-corrected chi connectivity index (χ4v) is 4.30. The van der Waals surface area contributed by atoms with Crippen LogP contribution in [0.15, 0.2) is 55.0 Å². The van der Waals surface area contributed by atoms with E-state index in [-0.39, 0.29) is 0 Å². The number of pyridine rings is 2. The van der Waals surface area contributed by atoms with Gasteiger partial charge in [-0.2, -0.15) is 5.10 Å². The first kappa shape index (κ1) is 17.1. The molecule has 0 radical (unpaired) electrons. The van der Waals surface area contributed by atoms with Gasteiger partial charge in [0.25, 0.3) is 0 Å². The van der Waals surface area contributed by atoms with Crippen molar-refractivity contribution in [3.63, 3.8) is 0 Å². The monoisotopic (exact) mass is 395 g/mol. The maximum atomic E-state index is 4.97. The van der Waals surface area contributed by atoms with Crippen LogP contribution in [0.4, 0.5) is 5.69 Å². The topological polar surface area (TPSA) is 86.4 Å². The maximum absolute atomic E-state index is 4.97. The summed E-state index contributed by atoms with van der Waals surface area (Å²) in [7, 11) is 0. The Kier molecular flexibility index (Phi) is 3.97. The van der Waals surface area contributed by atoms with Crippen LogP contribution in [0.5, 0.6) is 0 Å². The first-order valence-corrected chi connectivity index (χ1v) is 10.4. The van der Waals surface area contributed by atoms with Gasteiger partial charge in [0, 0.05) is 42.8 Å². The summed E-state index contributed by atoms with van der Waals surface area (Å²) < 4.78 is 0. The predicted molar refractivity (Wildman–Crippen MR) is 118 cm³/mol. The Hall–Kier alpha value is -3.74. The van der Waals surface area contributed by atoms with Crippen molar-refractivity contribution in [1.82, 2.24) is 30.1 Å². The first-order chi connectivity index (χ1) is 14.9. The van der Waals surface area contributed by atoms with Crippen LogP contribution in [0.1, 0.15) is 19.3 Å². The number of aromatic nitrogens is 6. The highest BCUT2D eigenvalue weighted by molar-refractivity contribution is 5.96. The molecule has 0 bridgehead atoms. The van der Waals surface area contributed by atoms with Gasteiger partial charge in [-0.05, 0) is 43.5 Å². The van der Waals surface area contributed by atoms with Crippen molar-refractivity contribution in [2.45, 2.75) is 19.3 Å². The minimum absolute atomic E-state index is 0.675. The summed E-state index contributed by atoms with van der Waals surface area (Å²) in [5.41, 5.74) is 6.80. The molecule has 4 aromatic heterocycles. The lowest BCUT2D eigenvalue weighted by atomic mass is 10.1. The summed E-state index contributed by atoms with van der Waals surface area (Å²) in [6.07, 6.45) is 9.23. The van der Waals surface area contributed by atoms with E-state index in [0.717, 1.165) is 52.2 Å². The molecule has 0 saturated carbocycles. The van der Waals surface area contributed by atoms with E-state index in [9.17, 15) is 0 Å². The third-order valence-electron chi connectivity index (χ3n) is 5.83. The van der Waals surface area contributed by atoms with Gasteiger partial charge in [-0.1, -0.05) is 12.1 Å². The van der Waals surface area contributed by atoms with E-state index in [1.165, 1.54) is 24.9 Å². The number of benzene rings is 1. The molecule has 1 fully saturated rings. The molecule has 30 heavy (non-hydrogen) atoms. The van der Waals surface area contributed by atoms with Crippen molar-refractivity contribution >= 4 is 27.8 Å². The van der Waals surface area contributed by atoms with E-state index >= 15 is 0 Å². The van der Waals surface area contributed by atoms with Gasteiger partial charge in [0.2, 0.25) is 0 Å². The molecule has 0 aliphatic carbocycles. The molecule has 0 atom stereocenters. The number of hydrogen-bond donors (Lipinski definition) is 2. The quantitative estimate of drug-likeness (QED) is 0.468. The highest BCUT2D eigenvalue weighted by atomic mass is 15.2. The summed E-state index contributed by atoms with van der Waals surface area (Å²) in [4.78, 5) is 19.6. The molecular formula is C23H21N7. The van der Waals surface area contributed by atoms with Gasteiger partial charge in [0.15, 0.2) is 11.5 Å². The number of rotatable bonds is 3. The van der Waals surface area contributed by atoms with Crippen molar-refractivity contribution in [2.24, 2.45) is 0 Å². The van der Waals surface area contributed by atoms with E-state index in [4.69, 9.17) is 4.98 Å². The number of piperidine rings is 1. The highest BCUT2D eigenvalue weighted by Crippen LogP contribution is 2.32. The van der Waals surface area contributed by atoms with Crippen LogP contribution in [0.3, 0.4) is 0 Å². The molecule has 148 valence electrons. The average Bonchev–Trinajstić information content (AvgIpc) is 3.43. The summed E-state index contributed by atoms with van der Waals surface area (Å²) in [6, 6.07) is 12.4. The number of hydrogen-bond acceptors (Lipinski definition) is 5. The Bertz CT molecular complexity index is 1330. The molecule has 6 rings (SSSR count). The van der Waals surface area contributed by atoms with Crippen LogP contribution >= 0.6 is 0 Å². The fourth-order valence-electron chi connectivity index (χ4n) is 4.30. The lowest BCUT2D eigenvalue weighted by Gasteiger charge is -2.28. The van der Waals surface area contributed by atoms with Crippen LogP contribution in [0.25, 0.3) is 44.7 Å². The zero-order valence-electron chi connectivity index (χ0n) is 16.5. The van der Waals surface area contributed by atoms with Gasteiger partial charge in [-0.15, -0.1) is 0 Å². The number of para-hydroxylation sites is 1. The molecule has 7 nitrogen and oxygen atoms in total. The Labute approximate surface area is 173 Å². The van der Waals surface area contributed by atoms with Crippen LogP contribution in [0.2, 0.25) is 0 Å². The lowest BCUT2D eigenvalue weighted by Crippen LogP contribution is -2.29. The summed E-state index contributed by atoms with van der Waals surface area (Å²) >= 11 is 0. The van der Waals surface area contributed by atoms with Gasteiger partial charge in [-0.25, -0.2) is 9.97 Å². The van der Waals surface area contributed by atoms with Gasteiger partial charge >= 0.3 is 0 Å². The van der Waals surface area contributed by atoms with Crippen molar-refractivity contribution in [1.29, 1.82) is 0 Å². The third kappa shape index (κ3) is 2.82. The van der Waals surface area contributed by atoms with Gasteiger partial charge in [0.1, 0.15) is 11.2 Å². The highest BCUT2D eigenvalue weighted by Gasteiger charge is 2.18. The Morgan fingerprint density at radius 2 is 1.87 bits per heavy atom. The molecule has 2 N–H and O–H groups in total. The fraction of sp³-hybridized carbons (Fsp3) is 0.217. The minimum Gasteiger partial charge on any atom is -0.370 e. The zero-order valence-corrected chi connectivity index (χ0v) is 16.5. The Morgan fingerprint density at radius 1 is 0.933 bits per heavy atom. The maximum Gasteiger partial charge on any atom is 0.181 e. The number of nitrogens with one attached hydrogen (secondary N) is 2. The smallest absolute Gasteiger partial charge is 0.181 e. The zero-order chi connectivity index (χ0) is 19.9. The third-order valence-corrected chi connectivity index (χ3v) is 5.83. The van der Waals surface area contributed by atoms with Crippen LogP contribution < -0.4 is 4.90 Å². The molecule has 5 heterocycles. The Balaban J connectivity index is 1.47. The van der Waals surface area contributed by atoms with Gasteiger partial charge < -0.3 is 9.88 Å². The second-order valence-corrected chi connectivity index (χ2v) is 7.74. The average molecular weight is 395 g/mol. The van der Waals surface area contributed by atoms with Crippen molar-refractivity contribution in [2.75, 3.05) is 18.0 Å². The van der Waals surface area contributed by atoms with E-state index in [0.29, 0.717) is 5.65 Å². The normalized spacial score (nSPS) is 14.6. The molecule has 1 aliphatic heterocycles. The van der Waals surface area contributed by atoms with E-state index in [1.54, 1.807) is 6.20 Å². The second kappa shape index (κ2) is 6.95. The molecule has 0 unspecified atom stereocenters. The van der Waals surface area contributed by atoms with Crippen molar-refractivity contribution < 1.29 is 0 Å². The molecule has 1 aliphatic rings. The molecule has 1 saturated heterocycles. The SMILES string of the molecule is c1cncc(-c2cnc3n[nH]c(-c4nc5c(N6CCCCC6)cccc5[nH]4)c3c2)c1. The van der Waals surface area contributed by atoms with Crippen LogP contribution in [-0.4, -0.2) is 43.2 Å². The number of imidazole rings is 1. The van der Waals surface area contributed by atoms with Crippen molar-refractivity contribution in [3.05, 3.63) is 55.0 Å². The summed E-state index contributed by atoms with van der Waals surface area (Å²) in [6.45, 7) is 2.18. The Morgan fingerprint density at radius 3 is 2.73 bits per heavy atom. The molecule has 7 heteroatoms. The number of nitrogens with zero attached hydrogens (tertiary/aromatic N) is 5. The van der Waals surface area contributed by atoms with Crippen LogP contribution in [0, 0.1) is 0 Å². The minimum atomic E-state index is 0.675. The predicted octanol–water partition coefficient (Wildman–Crippen LogP) is 4.55. The molecule has 0 spiro atoms. The molecule has 0 amide bonds. The van der Waals surface area contributed by atoms with Gasteiger partial charge in [0.05, 0.1) is 16.6 Å². The van der Waals surface area contributed by atoms with E-state index < -0.39 is 0 Å². The first-order valence-electron chi connectivity index (χ1n) is 10.4. The summed E-state index contributed by atoms with van der Waals surface area (Å²) in [5, 5.41) is 8.46. The van der Waals surface area contributed by atoms with E-state index in [1.807, 2.05) is 24.5 Å². The number of aromatic amines is 2. The van der Waals surface area contributed by atoms with Gasteiger partial charge in [-0.3, -0.25) is 10.1 Å².